The number of carbonyl (C=O) groups excluding carboxylic acids is 2. The van der Waals surface area contributed by atoms with Crippen LogP contribution in [0.5, 0.6) is 0 Å². The van der Waals surface area contributed by atoms with E-state index in [4.69, 9.17) is 11.6 Å². The third-order valence-electron chi connectivity index (χ3n) is 5.97. The van der Waals surface area contributed by atoms with Gasteiger partial charge in [-0.2, -0.15) is 0 Å². The average Bonchev–Trinajstić information content (AvgIpc) is 2.94. The van der Waals surface area contributed by atoms with Crippen molar-refractivity contribution in [2.24, 2.45) is 0 Å². The van der Waals surface area contributed by atoms with E-state index in [1.54, 1.807) is 67.6 Å². The Bertz CT molecular complexity index is 1700. The van der Waals surface area contributed by atoms with E-state index in [2.05, 4.69) is 20.9 Å². The number of rotatable bonds is 9. The molecule has 4 rings (SSSR count). The van der Waals surface area contributed by atoms with E-state index in [0.717, 1.165) is 0 Å². The van der Waals surface area contributed by atoms with Gasteiger partial charge in [0.15, 0.2) is 0 Å². The van der Waals surface area contributed by atoms with Gasteiger partial charge in [0.1, 0.15) is 11.2 Å². The molecule has 0 saturated carbocycles. The van der Waals surface area contributed by atoms with Crippen molar-refractivity contribution in [2.75, 3.05) is 10.6 Å². The lowest BCUT2D eigenvalue weighted by molar-refractivity contribution is -0.139. The molecular weight excluding hydrogens is 568 g/mol. The fraction of sp³-hybridized carbons (Fsp3) is 0.103. The highest BCUT2D eigenvalue weighted by molar-refractivity contribution is 7.91. The number of amides is 3. The van der Waals surface area contributed by atoms with Crippen molar-refractivity contribution in [3.05, 3.63) is 113 Å². The minimum absolute atomic E-state index is 0.00182. The largest absolute Gasteiger partial charge is 0.480 e. The Morgan fingerprint density at radius 1 is 0.878 bits per heavy atom. The fourth-order valence-electron chi connectivity index (χ4n) is 3.90. The summed E-state index contributed by atoms with van der Waals surface area (Å²) in [5, 5.41) is 17.3. The van der Waals surface area contributed by atoms with E-state index >= 15 is 0 Å². The molecule has 1 atom stereocenters. The summed E-state index contributed by atoms with van der Waals surface area (Å²) in [5.74, 6) is -1.74. The zero-order chi connectivity index (χ0) is 29.6. The van der Waals surface area contributed by atoms with Gasteiger partial charge >= 0.3 is 12.0 Å². The van der Waals surface area contributed by atoms with Crippen LogP contribution in [0.4, 0.5) is 16.2 Å². The van der Waals surface area contributed by atoms with Gasteiger partial charge in [0.25, 0.3) is 5.91 Å². The molecule has 210 valence electrons. The zero-order valence-corrected chi connectivity index (χ0v) is 23.2. The number of aromatic nitrogens is 1. The molecule has 0 radical (unpaired) electrons. The van der Waals surface area contributed by atoms with Crippen LogP contribution in [0.25, 0.3) is 0 Å². The average molecular weight is 593 g/mol. The number of carboxylic acids is 1. The van der Waals surface area contributed by atoms with Crippen LogP contribution >= 0.6 is 11.6 Å². The molecule has 0 bridgehead atoms. The summed E-state index contributed by atoms with van der Waals surface area (Å²) < 4.78 is 26.2. The number of carboxylic acid groups (broad SMARTS) is 1. The van der Waals surface area contributed by atoms with E-state index in [1.165, 1.54) is 30.3 Å². The third-order valence-corrected chi connectivity index (χ3v) is 8.08. The summed E-state index contributed by atoms with van der Waals surface area (Å²) in [6.45, 7) is 1.75. The summed E-state index contributed by atoms with van der Waals surface area (Å²) in [7, 11) is -3.94. The number of benzene rings is 3. The molecule has 41 heavy (non-hydrogen) atoms. The van der Waals surface area contributed by atoms with Crippen molar-refractivity contribution in [2.45, 2.75) is 29.2 Å². The summed E-state index contributed by atoms with van der Waals surface area (Å²) >= 11 is 6.06. The normalized spacial score (nSPS) is 11.8. The first kappa shape index (κ1) is 29.2. The second-order valence-corrected chi connectivity index (χ2v) is 11.2. The molecule has 4 N–H and O–H groups in total. The Labute approximate surface area is 241 Å². The molecule has 3 aromatic carbocycles. The summed E-state index contributed by atoms with van der Waals surface area (Å²) in [5.41, 5.74) is 1.90. The van der Waals surface area contributed by atoms with Gasteiger partial charge in [0, 0.05) is 17.8 Å². The van der Waals surface area contributed by atoms with Crippen LogP contribution in [0.15, 0.2) is 101 Å². The van der Waals surface area contributed by atoms with Gasteiger partial charge in [-0.15, -0.1) is 0 Å². The van der Waals surface area contributed by atoms with E-state index in [-0.39, 0.29) is 32.6 Å². The topological polar surface area (TPSA) is 155 Å². The monoisotopic (exact) mass is 592 g/mol. The Kier molecular flexibility index (Phi) is 9.00. The molecule has 0 fully saturated rings. The van der Waals surface area contributed by atoms with E-state index in [9.17, 15) is 27.9 Å². The number of hydrogen-bond acceptors (Lipinski definition) is 6. The maximum Gasteiger partial charge on any atom is 0.326 e. The molecule has 10 nitrogen and oxygen atoms in total. The predicted octanol–water partition coefficient (Wildman–Crippen LogP) is 4.95. The smallest absolute Gasteiger partial charge is 0.326 e. The molecule has 3 amide bonds. The van der Waals surface area contributed by atoms with Crippen molar-refractivity contribution in [1.82, 2.24) is 10.3 Å². The summed E-state index contributed by atoms with van der Waals surface area (Å²) in [4.78, 5) is 41.2. The van der Waals surface area contributed by atoms with Crippen molar-refractivity contribution in [3.63, 3.8) is 0 Å². The van der Waals surface area contributed by atoms with Crippen LogP contribution in [0.1, 0.15) is 21.6 Å². The Balaban J connectivity index is 1.42. The Morgan fingerprint density at radius 3 is 2.20 bits per heavy atom. The van der Waals surface area contributed by atoms with Crippen LogP contribution in [-0.4, -0.2) is 42.5 Å². The number of anilines is 2. The number of hydrogen-bond donors (Lipinski definition) is 4. The molecule has 12 heteroatoms. The van der Waals surface area contributed by atoms with Crippen molar-refractivity contribution >= 4 is 50.7 Å². The van der Waals surface area contributed by atoms with Gasteiger partial charge in [0.2, 0.25) is 9.84 Å². The number of urea groups is 1. The minimum Gasteiger partial charge on any atom is -0.480 e. The van der Waals surface area contributed by atoms with Gasteiger partial charge in [0.05, 0.1) is 21.0 Å². The lowest BCUT2D eigenvalue weighted by Crippen LogP contribution is -2.44. The number of para-hydroxylation sites is 1. The SMILES string of the molecule is Cc1ccc(C(=O)Nc2ccc(C[C@H](NC(=O)Nc3ccccc3S(=O)(=O)c3ccccc3)C(=O)O)cc2)c(Cl)n1. The second kappa shape index (κ2) is 12.6. The molecule has 0 spiro atoms. The molecule has 1 heterocycles. The molecule has 0 aliphatic rings. The molecule has 0 aliphatic heterocycles. The number of aryl methyl sites for hydroxylation is 1. The maximum atomic E-state index is 13.1. The van der Waals surface area contributed by atoms with Crippen LogP contribution in [0.2, 0.25) is 5.15 Å². The van der Waals surface area contributed by atoms with E-state index < -0.39 is 33.8 Å². The number of pyridine rings is 1. The number of nitrogens with zero attached hydrogens (tertiary/aromatic N) is 1. The first-order valence-electron chi connectivity index (χ1n) is 12.3. The Morgan fingerprint density at radius 2 is 1.54 bits per heavy atom. The van der Waals surface area contributed by atoms with Crippen LogP contribution in [0, 0.1) is 6.92 Å². The van der Waals surface area contributed by atoms with Crippen molar-refractivity contribution in [1.29, 1.82) is 0 Å². The highest BCUT2D eigenvalue weighted by Gasteiger charge is 2.24. The Hall–Kier alpha value is -4.74. The fourth-order valence-corrected chi connectivity index (χ4v) is 5.62. The third kappa shape index (κ3) is 7.27. The number of aliphatic carboxylic acids is 1. The quantitative estimate of drug-likeness (QED) is 0.201. The zero-order valence-electron chi connectivity index (χ0n) is 21.7. The predicted molar refractivity (Wildman–Crippen MR) is 154 cm³/mol. The highest BCUT2D eigenvalue weighted by atomic mass is 35.5. The first-order chi connectivity index (χ1) is 19.5. The summed E-state index contributed by atoms with van der Waals surface area (Å²) in [6, 6.07) is 21.0. The van der Waals surface area contributed by atoms with Crippen LogP contribution in [-0.2, 0) is 21.1 Å². The number of carbonyl (C=O) groups is 3. The van der Waals surface area contributed by atoms with Crippen LogP contribution in [0.3, 0.4) is 0 Å². The lowest BCUT2D eigenvalue weighted by Gasteiger charge is -2.17. The molecule has 4 aromatic rings. The van der Waals surface area contributed by atoms with Crippen molar-refractivity contribution in [3.8, 4) is 0 Å². The van der Waals surface area contributed by atoms with Gasteiger partial charge < -0.3 is 21.1 Å². The van der Waals surface area contributed by atoms with Gasteiger partial charge in [-0.3, -0.25) is 4.79 Å². The number of sulfone groups is 1. The van der Waals surface area contributed by atoms with E-state index in [0.29, 0.717) is 16.9 Å². The highest BCUT2D eigenvalue weighted by Crippen LogP contribution is 2.27. The standard InChI is InChI=1S/C29H25ClN4O6S/c1-18-11-16-22(26(30)31-18)27(35)32-20-14-12-19(13-15-20)17-24(28(36)37)34-29(38)33-23-9-5-6-10-25(23)41(39,40)21-7-3-2-4-8-21/h2-16,24H,17H2,1H3,(H,32,35)(H,36,37)(H2,33,34,38)/t24-/m0/s1. The second-order valence-electron chi connectivity index (χ2n) is 8.95. The van der Waals surface area contributed by atoms with Crippen LogP contribution < -0.4 is 16.0 Å². The number of halogens is 1. The first-order valence-corrected chi connectivity index (χ1v) is 14.1. The number of nitrogens with one attached hydrogen (secondary N) is 3. The molecule has 0 saturated heterocycles. The van der Waals surface area contributed by atoms with Gasteiger partial charge in [-0.05, 0) is 61.0 Å². The summed E-state index contributed by atoms with van der Waals surface area (Å²) in [6.07, 6.45) is -0.0748. The lowest BCUT2D eigenvalue weighted by atomic mass is 10.1. The molecule has 0 unspecified atom stereocenters. The maximum absolute atomic E-state index is 13.1. The molecular formula is C29H25ClN4O6S. The van der Waals surface area contributed by atoms with E-state index in [1.807, 2.05) is 0 Å². The van der Waals surface area contributed by atoms with Crippen molar-refractivity contribution < 1.29 is 27.9 Å². The molecule has 1 aromatic heterocycles. The van der Waals surface area contributed by atoms with Gasteiger partial charge in [-0.1, -0.05) is 54.1 Å². The van der Waals surface area contributed by atoms with Gasteiger partial charge in [-0.25, -0.2) is 23.0 Å². The molecule has 0 aliphatic carbocycles. The minimum atomic E-state index is -3.94.